The molecule has 0 aromatic carbocycles. The summed E-state index contributed by atoms with van der Waals surface area (Å²) in [6, 6.07) is 0. The fraction of sp³-hybridized carbons (Fsp3) is 0.533. The Kier molecular flexibility index (Phi) is 3.09. The number of allylic oxidation sites excluding steroid dienone is 3. The molecule has 3 unspecified atom stereocenters. The van der Waals surface area contributed by atoms with Crippen LogP contribution in [0.5, 0.6) is 0 Å². The molecule has 92 valence electrons. The van der Waals surface area contributed by atoms with E-state index in [0.717, 1.165) is 19.3 Å². The first-order chi connectivity index (χ1) is 8.00. The fourth-order valence-electron chi connectivity index (χ4n) is 3.15. The van der Waals surface area contributed by atoms with Gasteiger partial charge < -0.3 is 5.11 Å². The van der Waals surface area contributed by atoms with Gasteiger partial charge in [-0.15, -0.1) is 0 Å². The van der Waals surface area contributed by atoms with E-state index in [9.17, 15) is 9.90 Å². The number of fused-ring (bicyclic) bond motifs is 1. The van der Waals surface area contributed by atoms with Gasteiger partial charge >= 0.3 is 0 Å². The molecule has 2 nitrogen and oxygen atoms in total. The molecule has 3 atom stereocenters. The molecule has 0 aromatic rings. The van der Waals surface area contributed by atoms with Gasteiger partial charge in [-0.05, 0) is 49.7 Å². The molecule has 0 radical (unpaired) electrons. The second-order valence-electron chi connectivity index (χ2n) is 5.48. The van der Waals surface area contributed by atoms with Gasteiger partial charge in [0.25, 0.3) is 0 Å². The quantitative estimate of drug-likeness (QED) is 0.587. The lowest BCUT2D eigenvalue weighted by atomic mass is 9.58. The molecule has 17 heavy (non-hydrogen) atoms. The minimum atomic E-state index is -0.253. The van der Waals surface area contributed by atoms with Gasteiger partial charge in [0.1, 0.15) is 0 Å². The number of ketones is 1. The first-order valence-corrected chi connectivity index (χ1v) is 6.19. The van der Waals surface area contributed by atoms with Crippen molar-refractivity contribution in [3.05, 3.63) is 36.5 Å². The lowest BCUT2D eigenvalue weighted by Crippen LogP contribution is -2.42. The van der Waals surface area contributed by atoms with E-state index in [2.05, 4.69) is 13.2 Å². The van der Waals surface area contributed by atoms with Crippen LogP contribution in [0.3, 0.4) is 0 Å². The summed E-state index contributed by atoms with van der Waals surface area (Å²) in [4.78, 5) is 11.7. The van der Waals surface area contributed by atoms with E-state index in [0.29, 0.717) is 11.5 Å². The second kappa shape index (κ2) is 4.26. The Balaban J connectivity index is 2.33. The zero-order valence-corrected chi connectivity index (χ0v) is 10.4. The van der Waals surface area contributed by atoms with Crippen LogP contribution in [0.15, 0.2) is 36.5 Å². The zero-order valence-electron chi connectivity index (χ0n) is 10.4. The third-order valence-corrected chi connectivity index (χ3v) is 4.47. The molecular weight excluding hydrogens is 212 g/mol. The van der Waals surface area contributed by atoms with E-state index in [-0.39, 0.29) is 23.7 Å². The molecule has 2 aliphatic carbocycles. The molecule has 1 N–H and O–H groups in total. The molecule has 0 aliphatic heterocycles. The molecule has 0 heterocycles. The van der Waals surface area contributed by atoms with E-state index in [1.807, 2.05) is 13.0 Å². The van der Waals surface area contributed by atoms with Crippen LogP contribution < -0.4 is 0 Å². The van der Waals surface area contributed by atoms with Gasteiger partial charge in [0.15, 0.2) is 5.78 Å². The summed E-state index contributed by atoms with van der Waals surface area (Å²) in [5.74, 6) is 0.553. The highest BCUT2D eigenvalue weighted by Gasteiger charge is 2.45. The lowest BCUT2D eigenvalue weighted by molar-refractivity contribution is -0.113. The van der Waals surface area contributed by atoms with Gasteiger partial charge in [-0.1, -0.05) is 24.8 Å². The highest BCUT2D eigenvalue weighted by molar-refractivity contribution is 6.05. The highest BCUT2D eigenvalue weighted by Crippen LogP contribution is 2.50. The average Bonchev–Trinajstić information content (AvgIpc) is 2.33. The van der Waals surface area contributed by atoms with Gasteiger partial charge in [0.05, 0.1) is 6.61 Å². The summed E-state index contributed by atoms with van der Waals surface area (Å²) in [5.41, 5.74) is 1.58. The Hall–Kier alpha value is -1.15. The standard InChI is InChI=1S/C15H20O2/c1-10(2)12-4-6-15(9-16)7-5-14(17)11(3)13(15)8-12/h5,7,12-13,16H,1,3-4,6,8-9H2,2H3. The number of hydrogen-bond acceptors (Lipinski definition) is 2. The maximum absolute atomic E-state index is 11.7. The third kappa shape index (κ3) is 1.91. The van der Waals surface area contributed by atoms with Gasteiger partial charge in [-0.25, -0.2) is 0 Å². The minimum Gasteiger partial charge on any atom is -0.395 e. The minimum absolute atomic E-state index is 0.0152. The molecule has 1 saturated carbocycles. The SMILES string of the molecule is C=C(C)C1CCC2(CO)C=CC(=O)C(=C)C2C1. The molecule has 0 spiro atoms. The third-order valence-electron chi connectivity index (χ3n) is 4.47. The van der Waals surface area contributed by atoms with E-state index < -0.39 is 0 Å². The number of carbonyl (C=O) groups excluding carboxylic acids is 1. The van der Waals surface area contributed by atoms with E-state index in [4.69, 9.17) is 0 Å². The van der Waals surface area contributed by atoms with Gasteiger partial charge in [0.2, 0.25) is 0 Å². The summed E-state index contributed by atoms with van der Waals surface area (Å²) in [7, 11) is 0. The lowest BCUT2D eigenvalue weighted by Gasteiger charge is -2.46. The van der Waals surface area contributed by atoms with Crippen molar-refractivity contribution in [3.8, 4) is 0 Å². The van der Waals surface area contributed by atoms with Crippen molar-refractivity contribution < 1.29 is 9.90 Å². The van der Waals surface area contributed by atoms with Crippen LogP contribution in [-0.4, -0.2) is 17.5 Å². The molecule has 2 aliphatic rings. The maximum Gasteiger partial charge on any atom is 0.181 e. The van der Waals surface area contributed by atoms with Crippen LogP contribution in [0.2, 0.25) is 0 Å². The van der Waals surface area contributed by atoms with Crippen LogP contribution >= 0.6 is 0 Å². The normalized spacial score (nSPS) is 36.8. The van der Waals surface area contributed by atoms with Crippen LogP contribution in [0, 0.1) is 17.3 Å². The van der Waals surface area contributed by atoms with Crippen molar-refractivity contribution in [2.45, 2.75) is 26.2 Å². The highest BCUT2D eigenvalue weighted by atomic mass is 16.3. The monoisotopic (exact) mass is 232 g/mol. The van der Waals surface area contributed by atoms with Crippen molar-refractivity contribution in [3.63, 3.8) is 0 Å². The van der Waals surface area contributed by atoms with Crippen molar-refractivity contribution >= 4 is 5.78 Å². The predicted molar refractivity (Wildman–Crippen MR) is 68.5 cm³/mol. The smallest absolute Gasteiger partial charge is 0.181 e. The topological polar surface area (TPSA) is 37.3 Å². The zero-order chi connectivity index (χ0) is 12.6. The molecule has 0 amide bonds. The van der Waals surface area contributed by atoms with Crippen LogP contribution in [0.25, 0.3) is 0 Å². The summed E-state index contributed by atoms with van der Waals surface area (Å²) in [6.45, 7) is 10.1. The van der Waals surface area contributed by atoms with E-state index >= 15 is 0 Å². The Morgan fingerprint density at radius 1 is 1.65 bits per heavy atom. The van der Waals surface area contributed by atoms with Crippen molar-refractivity contribution in [1.29, 1.82) is 0 Å². The molecule has 1 fully saturated rings. The Labute approximate surface area is 103 Å². The largest absolute Gasteiger partial charge is 0.395 e. The van der Waals surface area contributed by atoms with Crippen molar-refractivity contribution in [1.82, 2.24) is 0 Å². The number of carbonyl (C=O) groups is 1. The summed E-state index contributed by atoms with van der Waals surface area (Å²) in [5, 5.41) is 9.68. The van der Waals surface area contributed by atoms with Crippen molar-refractivity contribution in [2.24, 2.45) is 17.3 Å². The average molecular weight is 232 g/mol. The number of aliphatic hydroxyl groups excluding tert-OH is 1. The van der Waals surface area contributed by atoms with Gasteiger partial charge in [-0.2, -0.15) is 0 Å². The fourth-order valence-corrected chi connectivity index (χ4v) is 3.15. The second-order valence-corrected chi connectivity index (χ2v) is 5.48. The Bertz CT molecular complexity index is 405. The molecule has 2 heteroatoms. The van der Waals surface area contributed by atoms with E-state index in [1.165, 1.54) is 5.57 Å². The molecule has 0 bridgehead atoms. The van der Waals surface area contributed by atoms with Crippen LogP contribution in [-0.2, 0) is 4.79 Å². The predicted octanol–water partition coefficient (Wildman–Crippen LogP) is 2.65. The van der Waals surface area contributed by atoms with E-state index in [1.54, 1.807) is 6.08 Å². The summed E-state index contributed by atoms with van der Waals surface area (Å²) < 4.78 is 0. The van der Waals surface area contributed by atoms with Crippen molar-refractivity contribution in [2.75, 3.05) is 6.61 Å². The summed E-state index contributed by atoms with van der Waals surface area (Å²) >= 11 is 0. The number of aliphatic hydroxyl groups is 1. The Morgan fingerprint density at radius 2 is 2.35 bits per heavy atom. The molecular formula is C15H20O2. The maximum atomic E-state index is 11.7. The molecule has 0 aromatic heterocycles. The Morgan fingerprint density at radius 3 is 2.94 bits per heavy atom. The van der Waals surface area contributed by atoms with Crippen LogP contribution in [0.1, 0.15) is 26.2 Å². The molecule has 0 saturated heterocycles. The first kappa shape index (κ1) is 12.3. The van der Waals surface area contributed by atoms with Gasteiger partial charge in [-0.3, -0.25) is 4.79 Å². The van der Waals surface area contributed by atoms with Gasteiger partial charge in [0, 0.05) is 5.41 Å². The number of rotatable bonds is 2. The first-order valence-electron chi connectivity index (χ1n) is 6.19. The summed E-state index contributed by atoms with van der Waals surface area (Å²) in [6.07, 6.45) is 6.33. The number of hydrogen-bond donors (Lipinski definition) is 1. The molecule has 2 rings (SSSR count). The van der Waals surface area contributed by atoms with Crippen LogP contribution in [0.4, 0.5) is 0 Å².